The van der Waals surface area contributed by atoms with E-state index in [1.165, 1.54) is 13.2 Å². The zero-order valence-electron chi connectivity index (χ0n) is 14.3. The van der Waals surface area contributed by atoms with Crippen molar-refractivity contribution in [3.63, 3.8) is 0 Å². The highest BCUT2D eigenvalue weighted by Gasteiger charge is 2.27. The lowest BCUT2D eigenvalue weighted by Gasteiger charge is -2.22. The van der Waals surface area contributed by atoms with E-state index in [1.54, 1.807) is 12.1 Å². The molecule has 1 heterocycles. The molecular weight excluding hydrogens is 390 g/mol. The molecule has 0 spiro atoms. The third kappa shape index (κ3) is 3.37. The molecule has 7 heteroatoms. The first kappa shape index (κ1) is 18.9. The number of carbonyl (C=O) groups is 3. The van der Waals surface area contributed by atoms with Crippen molar-refractivity contribution in [1.82, 2.24) is 4.57 Å². The Bertz CT molecular complexity index is 903. The van der Waals surface area contributed by atoms with Gasteiger partial charge in [0, 0.05) is 21.5 Å². The number of carbonyl (C=O) groups excluding carboxylic acids is 2. The minimum atomic E-state index is -1.25. The van der Waals surface area contributed by atoms with E-state index < -0.39 is 12.1 Å². The summed E-state index contributed by atoms with van der Waals surface area (Å²) in [5.41, 5.74) is 1.19. The van der Waals surface area contributed by atoms with Gasteiger partial charge in [0.15, 0.2) is 6.29 Å². The number of methoxy groups -OCH3 is 1. The molecule has 0 amide bonds. The number of carboxylic acid groups (broad SMARTS) is 1. The quantitative estimate of drug-likeness (QED) is 0.467. The largest absolute Gasteiger partial charge is 0.466 e. The molecular formula is C18H18BrNO5. The van der Waals surface area contributed by atoms with Crippen LogP contribution in [0.1, 0.15) is 42.4 Å². The zero-order chi connectivity index (χ0) is 18.9. The van der Waals surface area contributed by atoms with E-state index in [1.807, 2.05) is 20.8 Å². The van der Waals surface area contributed by atoms with Crippen molar-refractivity contribution >= 4 is 51.3 Å². The second-order valence-corrected chi connectivity index (χ2v) is 7.31. The Labute approximate surface area is 153 Å². The summed E-state index contributed by atoms with van der Waals surface area (Å²) in [4.78, 5) is 35.0. The molecule has 0 bridgehead atoms. The van der Waals surface area contributed by atoms with E-state index in [-0.39, 0.29) is 16.7 Å². The van der Waals surface area contributed by atoms with Gasteiger partial charge in [-0.15, -0.1) is 0 Å². The number of ether oxygens (including phenoxy) is 1. The summed E-state index contributed by atoms with van der Waals surface area (Å²) >= 11 is 3.50. The van der Waals surface area contributed by atoms with Gasteiger partial charge in [0.1, 0.15) is 0 Å². The number of hydrogen-bond donors (Lipinski definition) is 1. The molecule has 1 N–H and O–H groups in total. The molecule has 0 unspecified atom stereocenters. The third-order valence-corrected chi connectivity index (χ3v) is 4.46. The van der Waals surface area contributed by atoms with Crippen molar-refractivity contribution in [1.29, 1.82) is 0 Å². The standard InChI is InChI=1S/C18H18BrNO5/c1-18(2,3)16-11(19)5-6-13-15(16)10(9-21)12(20(13)17(23)24)7-8-14(22)25-4/h5-9H,1-4H3,(H,23,24). The SMILES string of the molecule is COC(=O)C=Cc1c(C=O)c2c(C(C)(C)C)c(Br)ccc2n1C(=O)O. The van der Waals surface area contributed by atoms with Crippen molar-refractivity contribution in [2.45, 2.75) is 26.2 Å². The maximum Gasteiger partial charge on any atom is 0.416 e. The van der Waals surface area contributed by atoms with Crippen LogP contribution >= 0.6 is 15.9 Å². The highest BCUT2D eigenvalue weighted by atomic mass is 79.9. The van der Waals surface area contributed by atoms with Gasteiger partial charge >= 0.3 is 12.1 Å². The summed E-state index contributed by atoms with van der Waals surface area (Å²) in [6.07, 6.45) is 1.74. The molecule has 0 atom stereocenters. The molecule has 0 saturated heterocycles. The second-order valence-electron chi connectivity index (χ2n) is 6.46. The van der Waals surface area contributed by atoms with E-state index in [0.29, 0.717) is 17.2 Å². The average Bonchev–Trinajstić information content (AvgIpc) is 2.84. The first-order valence-corrected chi connectivity index (χ1v) is 8.24. The second kappa shape index (κ2) is 6.84. The number of rotatable bonds is 3. The van der Waals surface area contributed by atoms with Crippen LogP contribution in [0.5, 0.6) is 0 Å². The summed E-state index contributed by atoms with van der Waals surface area (Å²) in [6.45, 7) is 5.93. The summed E-state index contributed by atoms with van der Waals surface area (Å²) < 4.78 is 6.32. The summed E-state index contributed by atoms with van der Waals surface area (Å²) in [5.74, 6) is -0.642. The van der Waals surface area contributed by atoms with Crippen LogP contribution in [-0.2, 0) is 14.9 Å². The first-order valence-electron chi connectivity index (χ1n) is 7.45. The molecule has 2 aromatic rings. The van der Waals surface area contributed by atoms with Crippen molar-refractivity contribution in [3.8, 4) is 0 Å². The molecule has 0 aliphatic rings. The van der Waals surface area contributed by atoms with Crippen LogP contribution in [0.25, 0.3) is 17.0 Å². The number of nitrogens with zero attached hydrogens (tertiary/aromatic N) is 1. The predicted molar refractivity (Wildman–Crippen MR) is 98.2 cm³/mol. The summed E-state index contributed by atoms with van der Waals surface area (Å²) in [7, 11) is 1.22. The molecule has 25 heavy (non-hydrogen) atoms. The van der Waals surface area contributed by atoms with Crippen molar-refractivity contribution in [3.05, 3.63) is 39.5 Å². The predicted octanol–water partition coefficient (Wildman–Crippen LogP) is 4.23. The third-order valence-electron chi connectivity index (χ3n) is 3.80. The van der Waals surface area contributed by atoms with Gasteiger partial charge in [-0.1, -0.05) is 36.7 Å². The highest BCUT2D eigenvalue weighted by Crippen LogP contribution is 2.39. The van der Waals surface area contributed by atoms with Gasteiger partial charge in [0.05, 0.1) is 18.3 Å². The Morgan fingerprint density at radius 2 is 1.92 bits per heavy atom. The van der Waals surface area contributed by atoms with Gasteiger partial charge in [-0.3, -0.25) is 4.79 Å². The van der Waals surface area contributed by atoms with Gasteiger partial charge < -0.3 is 9.84 Å². The molecule has 0 saturated carbocycles. The fourth-order valence-electron chi connectivity index (χ4n) is 2.84. The Morgan fingerprint density at radius 1 is 1.28 bits per heavy atom. The average molecular weight is 408 g/mol. The van der Waals surface area contributed by atoms with Crippen molar-refractivity contribution in [2.75, 3.05) is 7.11 Å². The van der Waals surface area contributed by atoms with Crippen molar-refractivity contribution < 1.29 is 24.2 Å². The van der Waals surface area contributed by atoms with Crippen LogP contribution in [0.2, 0.25) is 0 Å². The van der Waals surface area contributed by atoms with Crippen LogP contribution in [0, 0.1) is 0 Å². The lowest BCUT2D eigenvalue weighted by atomic mass is 9.84. The summed E-state index contributed by atoms with van der Waals surface area (Å²) in [5, 5.41) is 10.2. The maximum absolute atomic E-state index is 11.8. The van der Waals surface area contributed by atoms with Crippen LogP contribution in [0.4, 0.5) is 4.79 Å². The van der Waals surface area contributed by atoms with Crippen LogP contribution in [-0.4, -0.2) is 35.1 Å². The van der Waals surface area contributed by atoms with E-state index in [4.69, 9.17) is 0 Å². The number of hydrogen-bond acceptors (Lipinski definition) is 4. The first-order chi connectivity index (χ1) is 11.6. The number of aldehydes is 1. The van der Waals surface area contributed by atoms with E-state index in [2.05, 4.69) is 20.7 Å². The highest BCUT2D eigenvalue weighted by molar-refractivity contribution is 9.10. The smallest absolute Gasteiger partial charge is 0.416 e. The molecule has 0 fully saturated rings. The number of aromatic nitrogens is 1. The maximum atomic E-state index is 11.8. The molecule has 1 aromatic heterocycles. The van der Waals surface area contributed by atoms with Gasteiger partial charge in [0.2, 0.25) is 0 Å². The van der Waals surface area contributed by atoms with Gasteiger partial charge in [0.25, 0.3) is 0 Å². The molecule has 0 aliphatic carbocycles. The minimum Gasteiger partial charge on any atom is -0.466 e. The Kier molecular flexibility index (Phi) is 5.17. The topological polar surface area (TPSA) is 85.6 Å². The van der Waals surface area contributed by atoms with Crippen LogP contribution in [0.3, 0.4) is 0 Å². The number of fused-ring (bicyclic) bond motifs is 1. The Balaban J connectivity index is 3.01. The van der Waals surface area contributed by atoms with E-state index in [9.17, 15) is 19.5 Å². The fourth-order valence-corrected chi connectivity index (χ4v) is 3.77. The molecule has 2 rings (SSSR count). The molecule has 0 radical (unpaired) electrons. The molecule has 132 valence electrons. The zero-order valence-corrected chi connectivity index (χ0v) is 15.9. The van der Waals surface area contributed by atoms with E-state index >= 15 is 0 Å². The molecule has 1 aromatic carbocycles. The van der Waals surface area contributed by atoms with Crippen LogP contribution in [0.15, 0.2) is 22.7 Å². The fraction of sp³-hybridized carbons (Fsp3) is 0.278. The number of esters is 1. The minimum absolute atomic E-state index is 0.117. The Hall–Kier alpha value is -2.41. The van der Waals surface area contributed by atoms with Gasteiger partial charge in [-0.25, -0.2) is 14.2 Å². The lowest BCUT2D eigenvalue weighted by Crippen LogP contribution is -2.13. The van der Waals surface area contributed by atoms with E-state index in [0.717, 1.165) is 20.7 Å². The number of benzene rings is 1. The van der Waals surface area contributed by atoms with Crippen molar-refractivity contribution in [2.24, 2.45) is 0 Å². The normalized spacial score (nSPS) is 11.9. The van der Waals surface area contributed by atoms with Gasteiger partial charge in [-0.2, -0.15) is 0 Å². The number of halogens is 1. The van der Waals surface area contributed by atoms with Gasteiger partial charge in [-0.05, 0) is 29.2 Å². The lowest BCUT2D eigenvalue weighted by molar-refractivity contribution is -0.134. The van der Waals surface area contributed by atoms with Crippen LogP contribution < -0.4 is 0 Å². The molecule has 6 nitrogen and oxygen atoms in total. The Morgan fingerprint density at radius 3 is 2.40 bits per heavy atom. The molecule has 0 aliphatic heterocycles. The summed E-state index contributed by atoms with van der Waals surface area (Å²) in [6, 6.07) is 3.38. The monoisotopic (exact) mass is 407 g/mol.